The zero-order chi connectivity index (χ0) is 16.6. The van der Waals surface area contributed by atoms with Gasteiger partial charge in [-0.3, -0.25) is 14.2 Å². The molecular weight excluding hydrogens is 292 g/mol. The molecule has 0 bridgehead atoms. The SMILES string of the molecule is CCCN1C(=O)c2cc(=O)n(Cc3ccccc3)c(O)c2[C@H]1C. The topological polar surface area (TPSA) is 62.5 Å². The maximum atomic E-state index is 12.4. The number of aromatic hydroxyl groups is 1. The van der Waals surface area contributed by atoms with Crippen molar-refractivity contribution in [3.8, 4) is 5.88 Å². The van der Waals surface area contributed by atoms with Crippen molar-refractivity contribution in [2.45, 2.75) is 32.9 Å². The molecule has 1 atom stereocenters. The minimum atomic E-state index is -0.357. The summed E-state index contributed by atoms with van der Waals surface area (Å²) in [4.78, 5) is 26.5. The zero-order valence-electron chi connectivity index (χ0n) is 13.3. The maximum Gasteiger partial charge on any atom is 0.255 e. The monoisotopic (exact) mass is 312 g/mol. The Morgan fingerprint density at radius 1 is 1.17 bits per heavy atom. The van der Waals surface area contributed by atoms with Crippen molar-refractivity contribution < 1.29 is 9.90 Å². The molecule has 0 aliphatic carbocycles. The molecule has 3 rings (SSSR count). The van der Waals surface area contributed by atoms with Gasteiger partial charge in [-0.05, 0) is 18.9 Å². The lowest BCUT2D eigenvalue weighted by atomic mass is 10.1. The predicted molar refractivity (Wildman–Crippen MR) is 87.7 cm³/mol. The third-order valence-corrected chi connectivity index (χ3v) is 4.35. The normalized spacial score (nSPS) is 16.7. The number of carbonyl (C=O) groups excluding carboxylic acids is 1. The molecule has 1 N–H and O–H groups in total. The number of carbonyl (C=O) groups is 1. The Labute approximate surface area is 134 Å². The maximum absolute atomic E-state index is 12.4. The first-order chi connectivity index (χ1) is 11.0. The quantitative estimate of drug-likeness (QED) is 0.943. The number of hydrogen-bond acceptors (Lipinski definition) is 3. The second kappa shape index (κ2) is 5.91. The summed E-state index contributed by atoms with van der Waals surface area (Å²) >= 11 is 0. The third kappa shape index (κ3) is 2.52. The van der Waals surface area contributed by atoms with Crippen LogP contribution in [0.25, 0.3) is 0 Å². The molecule has 0 fully saturated rings. The number of aromatic nitrogens is 1. The number of rotatable bonds is 4. The summed E-state index contributed by atoms with van der Waals surface area (Å²) in [5.41, 5.74) is 1.45. The van der Waals surface area contributed by atoms with Gasteiger partial charge in [0.1, 0.15) is 0 Å². The van der Waals surface area contributed by atoms with E-state index in [2.05, 4.69) is 0 Å². The minimum absolute atomic E-state index is 0.101. The summed E-state index contributed by atoms with van der Waals surface area (Å²) < 4.78 is 1.33. The van der Waals surface area contributed by atoms with Crippen LogP contribution in [0.3, 0.4) is 0 Å². The van der Waals surface area contributed by atoms with E-state index in [0.29, 0.717) is 17.7 Å². The van der Waals surface area contributed by atoms with E-state index in [4.69, 9.17) is 0 Å². The molecule has 23 heavy (non-hydrogen) atoms. The molecule has 1 amide bonds. The molecule has 1 aliphatic rings. The van der Waals surface area contributed by atoms with Crippen LogP contribution in [0, 0.1) is 0 Å². The largest absolute Gasteiger partial charge is 0.494 e. The number of amides is 1. The van der Waals surface area contributed by atoms with Crippen LogP contribution in [0.4, 0.5) is 0 Å². The van der Waals surface area contributed by atoms with E-state index < -0.39 is 0 Å². The summed E-state index contributed by atoms with van der Waals surface area (Å²) in [6.45, 7) is 4.78. The molecule has 0 saturated carbocycles. The van der Waals surface area contributed by atoms with Crippen LogP contribution >= 0.6 is 0 Å². The van der Waals surface area contributed by atoms with Gasteiger partial charge in [0.25, 0.3) is 11.5 Å². The molecule has 0 saturated heterocycles. The molecule has 0 spiro atoms. The van der Waals surface area contributed by atoms with Gasteiger partial charge in [-0.15, -0.1) is 0 Å². The highest BCUT2D eigenvalue weighted by Crippen LogP contribution is 2.38. The van der Waals surface area contributed by atoms with Crippen LogP contribution in [0.5, 0.6) is 5.88 Å². The highest BCUT2D eigenvalue weighted by atomic mass is 16.3. The van der Waals surface area contributed by atoms with Crippen molar-refractivity contribution in [3.05, 3.63) is 63.4 Å². The molecule has 1 aromatic heterocycles. The van der Waals surface area contributed by atoms with Gasteiger partial charge in [-0.25, -0.2) is 0 Å². The van der Waals surface area contributed by atoms with Crippen molar-refractivity contribution >= 4 is 5.91 Å². The van der Waals surface area contributed by atoms with E-state index in [9.17, 15) is 14.7 Å². The number of benzene rings is 1. The fourth-order valence-electron chi connectivity index (χ4n) is 3.18. The van der Waals surface area contributed by atoms with Crippen LogP contribution in [0.1, 0.15) is 47.8 Å². The van der Waals surface area contributed by atoms with Gasteiger partial charge in [0.2, 0.25) is 0 Å². The van der Waals surface area contributed by atoms with Crippen molar-refractivity contribution in [2.24, 2.45) is 0 Å². The van der Waals surface area contributed by atoms with Gasteiger partial charge >= 0.3 is 0 Å². The molecule has 0 unspecified atom stereocenters. The van der Waals surface area contributed by atoms with Crippen molar-refractivity contribution in [3.63, 3.8) is 0 Å². The number of fused-ring (bicyclic) bond motifs is 1. The van der Waals surface area contributed by atoms with Crippen molar-refractivity contribution in [1.82, 2.24) is 9.47 Å². The van der Waals surface area contributed by atoms with E-state index in [-0.39, 0.29) is 29.9 Å². The van der Waals surface area contributed by atoms with Crippen LogP contribution in [0.2, 0.25) is 0 Å². The molecular formula is C18H20N2O3. The van der Waals surface area contributed by atoms with Gasteiger partial charge in [-0.2, -0.15) is 0 Å². The zero-order valence-corrected chi connectivity index (χ0v) is 13.3. The highest BCUT2D eigenvalue weighted by Gasteiger charge is 2.37. The first-order valence-corrected chi connectivity index (χ1v) is 7.86. The Morgan fingerprint density at radius 3 is 2.52 bits per heavy atom. The summed E-state index contributed by atoms with van der Waals surface area (Å²) in [5, 5.41) is 10.6. The van der Waals surface area contributed by atoms with Crippen molar-refractivity contribution in [1.29, 1.82) is 0 Å². The molecule has 1 aromatic carbocycles. The van der Waals surface area contributed by atoms with E-state index in [1.165, 1.54) is 10.6 Å². The Balaban J connectivity index is 2.07. The second-order valence-corrected chi connectivity index (χ2v) is 5.88. The Morgan fingerprint density at radius 2 is 1.87 bits per heavy atom. The summed E-state index contributed by atoms with van der Waals surface area (Å²) in [7, 11) is 0. The highest BCUT2D eigenvalue weighted by molar-refractivity contribution is 5.99. The fraction of sp³-hybridized carbons (Fsp3) is 0.333. The fourth-order valence-corrected chi connectivity index (χ4v) is 3.18. The van der Waals surface area contributed by atoms with E-state index in [0.717, 1.165) is 12.0 Å². The number of nitrogens with zero attached hydrogens (tertiary/aromatic N) is 2. The minimum Gasteiger partial charge on any atom is -0.494 e. The Kier molecular flexibility index (Phi) is 3.94. The standard InChI is InChI=1S/C18H20N2O3/c1-3-9-19-12(2)16-14(17(19)22)10-15(21)20(18(16)23)11-13-7-5-4-6-8-13/h4-8,10,12,23H,3,9,11H2,1-2H3/t12-/m1/s1. The number of pyridine rings is 1. The molecule has 2 aromatic rings. The first-order valence-electron chi connectivity index (χ1n) is 7.86. The third-order valence-electron chi connectivity index (χ3n) is 4.35. The van der Waals surface area contributed by atoms with E-state index in [1.54, 1.807) is 4.90 Å². The van der Waals surface area contributed by atoms with Gasteiger partial charge in [0, 0.05) is 18.2 Å². The Hall–Kier alpha value is -2.56. The summed E-state index contributed by atoms with van der Waals surface area (Å²) in [6, 6.07) is 10.6. The lowest BCUT2D eigenvalue weighted by Crippen LogP contribution is -2.27. The van der Waals surface area contributed by atoms with E-state index in [1.807, 2.05) is 44.2 Å². The lowest BCUT2D eigenvalue weighted by molar-refractivity contribution is 0.0737. The smallest absolute Gasteiger partial charge is 0.255 e. The molecule has 120 valence electrons. The van der Waals surface area contributed by atoms with Gasteiger partial charge < -0.3 is 10.0 Å². The predicted octanol–water partition coefficient (Wildman–Crippen LogP) is 2.53. The molecule has 1 aliphatic heterocycles. The van der Waals surface area contributed by atoms with E-state index >= 15 is 0 Å². The lowest BCUT2D eigenvalue weighted by Gasteiger charge is -2.21. The molecule has 5 nitrogen and oxygen atoms in total. The Bertz CT molecular complexity index is 796. The van der Waals surface area contributed by atoms with Gasteiger partial charge in [0.15, 0.2) is 5.88 Å². The summed E-state index contributed by atoms with van der Waals surface area (Å²) in [6.07, 6.45) is 0.832. The van der Waals surface area contributed by atoms with Crippen LogP contribution in [-0.4, -0.2) is 27.0 Å². The average Bonchev–Trinajstić information content (AvgIpc) is 2.77. The van der Waals surface area contributed by atoms with Gasteiger partial charge in [0.05, 0.1) is 18.2 Å². The van der Waals surface area contributed by atoms with Crippen LogP contribution < -0.4 is 5.56 Å². The molecule has 5 heteroatoms. The van der Waals surface area contributed by atoms with Gasteiger partial charge in [-0.1, -0.05) is 37.3 Å². The van der Waals surface area contributed by atoms with Crippen LogP contribution in [-0.2, 0) is 6.54 Å². The second-order valence-electron chi connectivity index (χ2n) is 5.88. The number of hydrogen-bond donors (Lipinski definition) is 1. The first kappa shape index (κ1) is 15.3. The van der Waals surface area contributed by atoms with Crippen molar-refractivity contribution in [2.75, 3.05) is 6.54 Å². The molecule has 2 heterocycles. The van der Waals surface area contributed by atoms with Crippen LogP contribution in [0.15, 0.2) is 41.2 Å². The average molecular weight is 312 g/mol. The summed E-state index contributed by atoms with van der Waals surface area (Å²) in [5.74, 6) is -0.274. The molecule has 0 radical (unpaired) electrons.